The van der Waals surface area contributed by atoms with E-state index < -0.39 is 10.0 Å². The van der Waals surface area contributed by atoms with E-state index >= 15 is 0 Å². The SMILES string of the molecule is Cc1ccc(S(=O)(=O)NCCC(=O)NCc2ccccc2CN(C)C)cc1C. The van der Waals surface area contributed by atoms with Gasteiger partial charge in [0.15, 0.2) is 0 Å². The third kappa shape index (κ3) is 6.44. The van der Waals surface area contributed by atoms with Crippen molar-refractivity contribution in [3.05, 3.63) is 64.7 Å². The van der Waals surface area contributed by atoms with Gasteiger partial charge in [0.05, 0.1) is 4.90 Å². The van der Waals surface area contributed by atoms with Crippen LogP contribution in [0.5, 0.6) is 0 Å². The molecular formula is C21H29N3O3S. The van der Waals surface area contributed by atoms with E-state index in [-0.39, 0.29) is 23.8 Å². The molecule has 0 unspecified atom stereocenters. The van der Waals surface area contributed by atoms with Crippen LogP contribution in [0.3, 0.4) is 0 Å². The third-order valence-corrected chi connectivity index (χ3v) is 5.97. The maximum Gasteiger partial charge on any atom is 0.240 e. The second kappa shape index (κ2) is 9.82. The van der Waals surface area contributed by atoms with Crippen LogP contribution in [0.1, 0.15) is 28.7 Å². The Morgan fingerprint density at radius 1 is 1.00 bits per heavy atom. The number of sulfonamides is 1. The van der Waals surface area contributed by atoms with Crippen LogP contribution in [0.4, 0.5) is 0 Å². The zero-order valence-corrected chi connectivity index (χ0v) is 17.8. The van der Waals surface area contributed by atoms with Crippen molar-refractivity contribution in [1.82, 2.24) is 14.9 Å². The molecule has 2 rings (SSSR count). The molecule has 0 radical (unpaired) electrons. The Kier molecular flexibility index (Phi) is 7.74. The first kappa shape index (κ1) is 22.1. The summed E-state index contributed by atoms with van der Waals surface area (Å²) < 4.78 is 27.2. The lowest BCUT2D eigenvalue weighted by atomic mass is 10.1. The van der Waals surface area contributed by atoms with Crippen LogP contribution in [0.2, 0.25) is 0 Å². The van der Waals surface area contributed by atoms with E-state index in [4.69, 9.17) is 0 Å². The molecule has 0 aliphatic rings. The number of rotatable bonds is 9. The maximum atomic E-state index is 12.4. The third-order valence-electron chi connectivity index (χ3n) is 4.51. The lowest BCUT2D eigenvalue weighted by Gasteiger charge is -2.14. The second-order valence-electron chi connectivity index (χ2n) is 7.18. The first-order valence-electron chi connectivity index (χ1n) is 9.24. The summed E-state index contributed by atoms with van der Waals surface area (Å²) in [6, 6.07) is 12.9. The van der Waals surface area contributed by atoms with Crippen molar-refractivity contribution in [3.63, 3.8) is 0 Å². The van der Waals surface area contributed by atoms with E-state index in [0.29, 0.717) is 6.54 Å². The minimum atomic E-state index is -3.62. The minimum Gasteiger partial charge on any atom is -0.352 e. The number of amides is 1. The van der Waals surface area contributed by atoms with Crippen LogP contribution in [0.15, 0.2) is 47.4 Å². The second-order valence-corrected chi connectivity index (χ2v) is 8.94. The molecule has 0 atom stereocenters. The smallest absolute Gasteiger partial charge is 0.240 e. The fraction of sp³-hybridized carbons (Fsp3) is 0.381. The fourth-order valence-electron chi connectivity index (χ4n) is 2.77. The van der Waals surface area contributed by atoms with Crippen molar-refractivity contribution in [2.24, 2.45) is 0 Å². The molecule has 152 valence electrons. The number of nitrogens with zero attached hydrogens (tertiary/aromatic N) is 1. The van der Waals surface area contributed by atoms with Gasteiger partial charge in [-0.15, -0.1) is 0 Å². The van der Waals surface area contributed by atoms with Gasteiger partial charge in [-0.2, -0.15) is 0 Å². The number of carbonyl (C=O) groups is 1. The Balaban J connectivity index is 1.85. The molecule has 0 heterocycles. The molecule has 2 aromatic carbocycles. The molecule has 6 nitrogen and oxygen atoms in total. The van der Waals surface area contributed by atoms with Gasteiger partial charge in [0.2, 0.25) is 15.9 Å². The summed E-state index contributed by atoms with van der Waals surface area (Å²) in [5, 5.41) is 2.86. The molecule has 0 aliphatic carbocycles. The highest BCUT2D eigenvalue weighted by Crippen LogP contribution is 2.14. The number of carbonyl (C=O) groups excluding carboxylic acids is 1. The summed E-state index contributed by atoms with van der Waals surface area (Å²) in [4.78, 5) is 14.4. The van der Waals surface area contributed by atoms with Gasteiger partial charge in [-0.1, -0.05) is 30.3 Å². The van der Waals surface area contributed by atoms with E-state index in [2.05, 4.69) is 14.9 Å². The van der Waals surface area contributed by atoms with E-state index in [1.54, 1.807) is 18.2 Å². The zero-order valence-electron chi connectivity index (χ0n) is 17.0. The first-order valence-corrected chi connectivity index (χ1v) is 10.7. The standard InChI is InChI=1S/C21H29N3O3S/c1-16-9-10-20(13-17(16)2)28(26,27)23-12-11-21(25)22-14-18-7-5-6-8-19(18)15-24(3)4/h5-10,13,23H,11-12,14-15H2,1-4H3,(H,22,25). The highest BCUT2D eigenvalue weighted by Gasteiger charge is 2.15. The van der Waals surface area contributed by atoms with Crippen molar-refractivity contribution in [1.29, 1.82) is 0 Å². The molecular weight excluding hydrogens is 374 g/mol. The predicted octanol–water partition coefficient (Wildman–Crippen LogP) is 2.35. The van der Waals surface area contributed by atoms with Gasteiger partial charge in [0.25, 0.3) is 0 Å². The lowest BCUT2D eigenvalue weighted by Crippen LogP contribution is -2.31. The lowest BCUT2D eigenvalue weighted by molar-refractivity contribution is -0.121. The van der Waals surface area contributed by atoms with Crippen LogP contribution in [0.25, 0.3) is 0 Å². The van der Waals surface area contributed by atoms with E-state index in [1.807, 2.05) is 52.2 Å². The summed E-state index contributed by atoms with van der Waals surface area (Å²) >= 11 is 0. The Morgan fingerprint density at radius 2 is 1.68 bits per heavy atom. The van der Waals surface area contributed by atoms with Crippen molar-refractivity contribution in [2.45, 2.75) is 38.3 Å². The Bertz CT molecular complexity index is 924. The average Bonchev–Trinajstić information content (AvgIpc) is 2.62. The van der Waals surface area contributed by atoms with Crippen molar-refractivity contribution >= 4 is 15.9 Å². The van der Waals surface area contributed by atoms with E-state index in [1.165, 1.54) is 0 Å². The van der Waals surface area contributed by atoms with Gasteiger partial charge in [0, 0.05) is 26.1 Å². The Morgan fingerprint density at radius 3 is 2.32 bits per heavy atom. The molecule has 2 N–H and O–H groups in total. The first-order chi connectivity index (χ1) is 13.2. The normalized spacial score (nSPS) is 11.6. The highest BCUT2D eigenvalue weighted by atomic mass is 32.2. The largest absolute Gasteiger partial charge is 0.352 e. The van der Waals surface area contributed by atoms with Gasteiger partial charge in [-0.3, -0.25) is 4.79 Å². The van der Waals surface area contributed by atoms with Gasteiger partial charge in [-0.25, -0.2) is 13.1 Å². The highest BCUT2D eigenvalue weighted by molar-refractivity contribution is 7.89. The molecule has 0 saturated heterocycles. The van der Waals surface area contributed by atoms with Crippen LogP contribution >= 0.6 is 0 Å². The van der Waals surface area contributed by atoms with Crippen LogP contribution in [0, 0.1) is 13.8 Å². The predicted molar refractivity (Wildman–Crippen MR) is 111 cm³/mol. The van der Waals surface area contributed by atoms with Gasteiger partial charge >= 0.3 is 0 Å². The summed E-state index contributed by atoms with van der Waals surface area (Å²) in [7, 11) is 0.376. The summed E-state index contributed by atoms with van der Waals surface area (Å²) in [5.74, 6) is -0.192. The Hall–Kier alpha value is -2.22. The monoisotopic (exact) mass is 403 g/mol. The quantitative estimate of drug-likeness (QED) is 0.674. The number of benzene rings is 2. The van der Waals surface area contributed by atoms with Gasteiger partial charge < -0.3 is 10.2 Å². The number of aryl methyl sites for hydroxylation is 2. The molecule has 7 heteroatoms. The molecule has 2 aromatic rings. The molecule has 0 spiro atoms. The molecule has 0 aromatic heterocycles. The zero-order chi connectivity index (χ0) is 20.7. The average molecular weight is 404 g/mol. The van der Waals surface area contributed by atoms with Crippen LogP contribution in [-0.2, 0) is 27.9 Å². The van der Waals surface area contributed by atoms with Gasteiger partial charge in [0.1, 0.15) is 0 Å². The van der Waals surface area contributed by atoms with Crippen LogP contribution in [-0.4, -0.2) is 39.9 Å². The molecule has 0 saturated carbocycles. The van der Waals surface area contributed by atoms with Crippen LogP contribution < -0.4 is 10.0 Å². The molecule has 1 amide bonds. The van der Waals surface area contributed by atoms with Gasteiger partial charge in [-0.05, 0) is 62.3 Å². The molecule has 0 bridgehead atoms. The van der Waals surface area contributed by atoms with Crippen molar-refractivity contribution in [2.75, 3.05) is 20.6 Å². The summed E-state index contributed by atoms with van der Waals surface area (Å²) in [5.41, 5.74) is 4.16. The number of hydrogen-bond acceptors (Lipinski definition) is 4. The molecule has 0 aliphatic heterocycles. The number of hydrogen-bond donors (Lipinski definition) is 2. The molecule has 28 heavy (non-hydrogen) atoms. The minimum absolute atomic E-state index is 0.0560. The Labute approximate surface area is 168 Å². The molecule has 0 fully saturated rings. The summed E-state index contributed by atoms with van der Waals surface area (Å²) in [6.07, 6.45) is 0.0833. The maximum absolute atomic E-state index is 12.4. The number of nitrogens with one attached hydrogen (secondary N) is 2. The van der Waals surface area contributed by atoms with Crippen molar-refractivity contribution < 1.29 is 13.2 Å². The topological polar surface area (TPSA) is 78.5 Å². The van der Waals surface area contributed by atoms with E-state index in [0.717, 1.165) is 28.8 Å². The summed E-state index contributed by atoms with van der Waals surface area (Å²) in [6.45, 7) is 5.07. The van der Waals surface area contributed by atoms with E-state index in [9.17, 15) is 13.2 Å². The van der Waals surface area contributed by atoms with Crippen molar-refractivity contribution in [3.8, 4) is 0 Å². The fourth-order valence-corrected chi connectivity index (χ4v) is 3.89.